The fourth-order valence-electron chi connectivity index (χ4n) is 0.633. The van der Waals surface area contributed by atoms with Crippen molar-refractivity contribution in [2.24, 2.45) is 5.73 Å². The SMILES string of the molecule is CNCC(N)CCOC. The Morgan fingerprint density at radius 3 is 2.78 bits per heavy atom. The van der Waals surface area contributed by atoms with E-state index in [1.54, 1.807) is 7.11 Å². The second kappa shape index (κ2) is 6.01. The monoisotopic (exact) mass is 132 g/mol. The average Bonchev–Trinajstić information content (AvgIpc) is 1.85. The van der Waals surface area contributed by atoms with Gasteiger partial charge in [-0.1, -0.05) is 0 Å². The molecule has 0 saturated heterocycles. The van der Waals surface area contributed by atoms with Crippen LogP contribution in [0, 0.1) is 0 Å². The Morgan fingerprint density at radius 1 is 1.67 bits per heavy atom. The zero-order valence-electron chi connectivity index (χ0n) is 6.18. The second-order valence-corrected chi connectivity index (χ2v) is 2.10. The van der Waals surface area contributed by atoms with Crippen LogP contribution in [0.4, 0.5) is 0 Å². The molecule has 0 aliphatic carbocycles. The van der Waals surface area contributed by atoms with Crippen LogP contribution < -0.4 is 11.1 Å². The van der Waals surface area contributed by atoms with E-state index in [0.717, 1.165) is 19.6 Å². The van der Waals surface area contributed by atoms with E-state index in [9.17, 15) is 0 Å². The number of nitrogens with one attached hydrogen (secondary N) is 1. The lowest BCUT2D eigenvalue weighted by Crippen LogP contribution is -2.32. The lowest BCUT2D eigenvalue weighted by molar-refractivity contribution is 0.187. The first-order valence-corrected chi connectivity index (χ1v) is 3.20. The van der Waals surface area contributed by atoms with Crippen molar-refractivity contribution in [2.45, 2.75) is 12.5 Å². The van der Waals surface area contributed by atoms with Gasteiger partial charge in [0.2, 0.25) is 0 Å². The number of ether oxygens (including phenoxy) is 1. The predicted octanol–water partition coefficient (Wildman–Crippen LogP) is -0.430. The van der Waals surface area contributed by atoms with Crippen molar-refractivity contribution >= 4 is 0 Å². The Hall–Kier alpha value is -0.120. The Kier molecular flexibility index (Phi) is 5.93. The second-order valence-electron chi connectivity index (χ2n) is 2.10. The fraction of sp³-hybridized carbons (Fsp3) is 1.00. The van der Waals surface area contributed by atoms with Crippen molar-refractivity contribution in [1.29, 1.82) is 0 Å². The first-order valence-electron chi connectivity index (χ1n) is 3.20. The minimum absolute atomic E-state index is 0.231. The summed E-state index contributed by atoms with van der Waals surface area (Å²) < 4.78 is 4.85. The Labute approximate surface area is 56.6 Å². The molecule has 3 heteroatoms. The van der Waals surface area contributed by atoms with Crippen LogP contribution >= 0.6 is 0 Å². The third-order valence-electron chi connectivity index (χ3n) is 1.16. The lowest BCUT2D eigenvalue weighted by atomic mass is 10.2. The highest BCUT2D eigenvalue weighted by molar-refractivity contribution is 4.61. The molecule has 56 valence electrons. The summed E-state index contributed by atoms with van der Waals surface area (Å²) in [7, 11) is 3.58. The summed E-state index contributed by atoms with van der Waals surface area (Å²) in [5.41, 5.74) is 5.63. The molecule has 9 heavy (non-hydrogen) atoms. The van der Waals surface area contributed by atoms with E-state index in [4.69, 9.17) is 10.5 Å². The van der Waals surface area contributed by atoms with Crippen molar-refractivity contribution in [2.75, 3.05) is 27.3 Å². The summed E-state index contributed by atoms with van der Waals surface area (Å²) in [6.07, 6.45) is 0.928. The molecule has 0 spiro atoms. The largest absolute Gasteiger partial charge is 0.385 e. The Bertz CT molecular complexity index is 59.0. The summed E-state index contributed by atoms with van der Waals surface area (Å²) in [6.45, 7) is 1.62. The minimum Gasteiger partial charge on any atom is -0.385 e. The highest BCUT2D eigenvalue weighted by Crippen LogP contribution is 1.84. The molecule has 0 aromatic heterocycles. The highest BCUT2D eigenvalue weighted by atomic mass is 16.5. The number of likely N-dealkylation sites (N-methyl/N-ethyl adjacent to an activating group) is 1. The zero-order valence-corrected chi connectivity index (χ0v) is 6.18. The van der Waals surface area contributed by atoms with Crippen LogP contribution in [0.5, 0.6) is 0 Å². The maximum Gasteiger partial charge on any atom is 0.0477 e. The molecule has 0 aliphatic rings. The highest BCUT2D eigenvalue weighted by Gasteiger charge is 1.97. The maximum atomic E-state index is 5.63. The van der Waals surface area contributed by atoms with Gasteiger partial charge in [0, 0.05) is 26.3 Å². The van der Waals surface area contributed by atoms with Gasteiger partial charge >= 0.3 is 0 Å². The molecule has 0 aromatic carbocycles. The molecule has 1 unspecified atom stereocenters. The molecular weight excluding hydrogens is 116 g/mol. The van der Waals surface area contributed by atoms with Gasteiger partial charge in [0.05, 0.1) is 0 Å². The fourth-order valence-corrected chi connectivity index (χ4v) is 0.633. The van der Waals surface area contributed by atoms with Gasteiger partial charge in [0.1, 0.15) is 0 Å². The summed E-state index contributed by atoms with van der Waals surface area (Å²) >= 11 is 0. The van der Waals surface area contributed by atoms with E-state index < -0.39 is 0 Å². The van der Waals surface area contributed by atoms with Crippen molar-refractivity contribution < 1.29 is 4.74 Å². The molecule has 0 heterocycles. The Morgan fingerprint density at radius 2 is 2.33 bits per heavy atom. The standard InChI is InChI=1S/C6H16N2O/c1-8-5-6(7)3-4-9-2/h6,8H,3-5,7H2,1-2H3. The normalized spacial score (nSPS) is 13.7. The first kappa shape index (κ1) is 8.88. The van der Waals surface area contributed by atoms with Gasteiger partial charge in [-0.05, 0) is 13.5 Å². The van der Waals surface area contributed by atoms with E-state index in [2.05, 4.69) is 5.32 Å². The molecular formula is C6H16N2O. The third-order valence-corrected chi connectivity index (χ3v) is 1.16. The molecule has 3 N–H and O–H groups in total. The van der Waals surface area contributed by atoms with Crippen LogP contribution in [-0.2, 0) is 4.74 Å². The molecule has 0 fully saturated rings. The van der Waals surface area contributed by atoms with Crippen LogP contribution in [0.25, 0.3) is 0 Å². The third kappa shape index (κ3) is 5.76. The topological polar surface area (TPSA) is 47.3 Å². The van der Waals surface area contributed by atoms with E-state index >= 15 is 0 Å². The average molecular weight is 132 g/mol. The number of hydrogen-bond acceptors (Lipinski definition) is 3. The van der Waals surface area contributed by atoms with Crippen molar-refractivity contribution in [3.05, 3.63) is 0 Å². The van der Waals surface area contributed by atoms with Gasteiger partial charge in [-0.2, -0.15) is 0 Å². The summed E-state index contributed by atoms with van der Waals surface area (Å²) in [5, 5.41) is 3.00. The van der Waals surface area contributed by atoms with Crippen molar-refractivity contribution in [3.8, 4) is 0 Å². The number of nitrogens with two attached hydrogens (primary N) is 1. The quantitative estimate of drug-likeness (QED) is 0.533. The van der Waals surface area contributed by atoms with Gasteiger partial charge in [-0.3, -0.25) is 0 Å². The lowest BCUT2D eigenvalue weighted by Gasteiger charge is -2.08. The molecule has 0 aromatic rings. The van der Waals surface area contributed by atoms with Gasteiger partial charge in [0.15, 0.2) is 0 Å². The molecule has 1 atom stereocenters. The molecule has 0 amide bonds. The Balaban J connectivity index is 2.95. The van der Waals surface area contributed by atoms with Crippen LogP contribution in [0.3, 0.4) is 0 Å². The van der Waals surface area contributed by atoms with Gasteiger partial charge in [-0.15, -0.1) is 0 Å². The van der Waals surface area contributed by atoms with Crippen molar-refractivity contribution in [3.63, 3.8) is 0 Å². The van der Waals surface area contributed by atoms with E-state index in [-0.39, 0.29) is 6.04 Å². The number of methoxy groups -OCH3 is 1. The smallest absolute Gasteiger partial charge is 0.0477 e. The van der Waals surface area contributed by atoms with Gasteiger partial charge in [0.25, 0.3) is 0 Å². The number of hydrogen-bond donors (Lipinski definition) is 2. The zero-order chi connectivity index (χ0) is 7.11. The van der Waals surface area contributed by atoms with E-state index in [0.29, 0.717) is 0 Å². The summed E-state index contributed by atoms with van der Waals surface area (Å²) in [6, 6.07) is 0.231. The molecule has 0 rings (SSSR count). The first-order chi connectivity index (χ1) is 4.31. The molecule has 0 saturated carbocycles. The summed E-state index contributed by atoms with van der Waals surface area (Å²) in [5.74, 6) is 0. The van der Waals surface area contributed by atoms with E-state index in [1.165, 1.54) is 0 Å². The van der Waals surface area contributed by atoms with Gasteiger partial charge in [-0.25, -0.2) is 0 Å². The summed E-state index contributed by atoms with van der Waals surface area (Å²) in [4.78, 5) is 0. The predicted molar refractivity (Wildman–Crippen MR) is 38.4 cm³/mol. The van der Waals surface area contributed by atoms with Crippen LogP contribution in [0.15, 0.2) is 0 Å². The van der Waals surface area contributed by atoms with Crippen LogP contribution in [-0.4, -0.2) is 33.4 Å². The van der Waals surface area contributed by atoms with Crippen LogP contribution in [0.2, 0.25) is 0 Å². The van der Waals surface area contributed by atoms with Crippen molar-refractivity contribution in [1.82, 2.24) is 5.32 Å². The van der Waals surface area contributed by atoms with Gasteiger partial charge < -0.3 is 15.8 Å². The maximum absolute atomic E-state index is 5.63. The minimum atomic E-state index is 0.231. The van der Waals surface area contributed by atoms with Crippen LogP contribution in [0.1, 0.15) is 6.42 Å². The molecule has 0 radical (unpaired) electrons. The number of rotatable bonds is 5. The molecule has 3 nitrogen and oxygen atoms in total. The van der Waals surface area contributed by atoms with E-state index in [1.807, 2.05) is 7.05 Å². The molecule has 0 bridgehead atoms. The molecule has 0 aliphatic heterocycles.